The van der Waals surface area contributed by atoms with E-state index in [0.29, 0.717) is 12.5 Å². The molecule has 1 saturated heterocycles. The summed E-state index contributed by atoms with van der Waals surface area (Å²) >= 11 is 1.63. The minimum atomic E-state index is -0.469. The molecule has 1 N–H and O–H groups in total. The standard InChI is InChI=1S/C22H28N4O3S/c1-13-10-18(25-29-13)15-6-7-17-19(11-15)30-20(24-17)23-14(2)16-8-9-26(12-16)21(27)28-22(3,4)5/h6-7,10-11,14,16H,8-9,12H2,1-5H3,(H,23,24). The highest BCUT2D eigenvalue weighted by molar-refractivity contribution is 7.22. The maximum Gasteiger partial charge on any atom is 0.410 e. The van der Waals surface area contributed by atoms with Gasteiger partial charge in [0.2, 0.25) is 0 Å². The van der Waals surface area contributed by atoms with Crippen LogP contribution in [0.25, 0.3) is 21.5 Å². The largest absolute Gasteiger partial charge is 0.444 e. The van der Waals surface area contributed by atoms with E-state index < -0.39 is 5.60 Å². The first-order valence-corrected chi connectivity index (χ1v) is 11.1. The number of thiazole rings is 1. The van der Waals surface area contributed by atoms with Crippen molar-refractivity contribution in [3.63, 3.8) is 0 Å². The minimum Gasteiger partial charge on any atom is -0.444 e. The number of rotatable bonds is 4. The lowest BCUT2D eigenvalue weighted by Crippen LogP contribution is -2.36. The minimum absolute atomic E-state index is 0.204. The summed E-state index contributed by atoms with van der Waals surface area (Å²) in [4.78, 5) is 18.8. The van der Waals surface area contributed by atoms with Crippen LogP contribution in [0.3, 0.4) is 0 Å². The van der Waals surface area contributed by atoms with E-state index in [4.69, 9.17) is 14.2 Å². The number of anilines is 1. The van der Waals surface area contributed by atoms with Gasteiger partial charge in [0.1, 0.15) is 17.1 Å². The molecule has 1 fully saturated rings. The van der Waals surface area contributed by atoms with E-state index in [0.717, 1.165) is 45.3 Å². The van der Waals surface area contributed by atoms with Crippen LogP contribution in [-0.2, 0) is 4.74 Å². The number of hydrogen-bond acceptors (Lipinski definition) is 7. The highest BCUT2D eigenvalue weighted by atomic mass is 32.1. The Kier molecular flexibility index (Phi) is 5.44. The van der Waals surface area contributed by atoms with Crippen molar-refractivity contribution in [2.45, 2.75) is 52.7 Å². The molecule has 3 heterocycles. The highest BCUT2D eigenvalue weighted by Crippen LogP contribution is 2.32. The lowest BCUT2D eigenvalue weighted by Gasteiger charge is -2.25. The maximum atomic E-state index is 12.3. The Morgan fingerprint density at radius 2 is 2.17 bits per heavy atom. The van der Waals surface area contributed by atoms with E-state index in [1.807, 2.05) is 45.9 Å². The van der Waals surface area contributed by atoms with Crippen molar-refractivity contribution in [2.24, 2.45) is 5.92 Å². The van der Waals surface area contributed by atoms with Gasteiger partial charge in [0.25, 0.3) is 0 Å². The Balaban J connectivity index is 1.41. The van der Waals surface area contributed by atoms with Gasteiger partial charge >= 0.3 is 6.09 Å². The van der Waals surface area contributed by atoms with Crippen LogP contribution in [0.4, 0.5) is 9.93 Å². The molecule has 0 radical (unpaired) electrons. The third-order valence-electron chi connectivity index (χ3n) is 5.25. The number of carbonyl (C=O) groups excluding carboxylic acids is 1. The zero-order valence-electron chi connectivity index (χ0n) is 18.1. The highest BCUT2D eigenvalue weighted by Gasteiger charge is 2.32. The summed E-state index contributed by atoms with van der Waals surface area (Å²) in [5.74, 6) is 1.15. The molecule has 1 aromatic carbocycles. The zero-order chi connectivity index (χ0) is 21.5. The molecular weight excluding hydrogens is 400 g/mol. The maximum absolute atomic E-state index is 12.3. The van der Waals surface area contributed by atoms with E-state index >= 15 is 0 Å². The molecule has 160 valence electrons. The Labute approximate surface area is 180 Å². The molecule has 30 heavy (non-hydrogen) atoms. The van der Waals surface area contributed by atoms with Gasteiger partial charge in [-0.05, 0) is 59.1 Å². The predicted molar refractivity (Wildman–Crippen MR) is 119 cm³/mol. The first kappa shape index (κ1) is 20.7. The third kappa shape index (κ3) is 4.59. The van der Waals surface area contributed by atoms with Crippen molar-refractivity contribution in [3.8, 4) is 11.3 Å². The number of aromatic nitrogens is 2. The van der Waals surface area contributed by atoms with Crippen molar-refractivity contribution in [1.29, 1.82) is 0 Å². The third-order valence-corrected chi connectivity index (χ3v) is 6.20. The molecule has 1 aliphatic rings. The van der Waals surface area contributed by atoms with Crippen LogP contribution in [0.15, 0.2) is 28.8 Å². The zero-order valence-corrected chi connectivity index (χ0v) is 18.9. The van der Waals surface area contributed by atoms with Gasteiger partial charge in [-0.15, -0.1) is 0 Å². The van der Waals surface area contributed by atoms with Crippen molar-refractivity contribution < 1.29 is 14.1 Å². The summed E-state index contributed by atoms with van der Waals surface area (Å²) < 4.78 is 11.8. The smallest absolute Gasteiger partial charge is 0.410 e. The van der Waals surface area contributed by atoms with Gasteiger partial charge < -0.3 is 19.5 Å². The van der Waals surface area contributed by atoms with Crippen molar-refractivity contribution >= 4 is 32.8 Å². The van der Waals surface area contributed by atoms with Crippen molar-refractivity contribution in [1.82, 2.24) is 15.0 Å². The van der Waals surface area contributed by atoms with Gasteiger partial charge in [-0.2, -0.15) is 0 Å². The number of benzene rings is 1. The lowest BCUT2D eigenvalue weighted by atomic mass is 10.0. The van der Waals surface area contributed by atoms with E-state index in [2.05, 4.69) is 23.5 Å². The molecule has 7 nitrogen and oxygen atoms in total. The number of carbonyl (C=O) groups is 1. The van der Waals surface area contributed by atoms with Crippen LogP contribution < -0.4 is 5.32 Å². The molecule has 8 heteroatoms. The average Bonchev–Trinajstić information content (AvgIpc) is 3.38. The first-order valence-electron chi connectivity index (χ1n) is 10.3. The fourth-order valence-electron chi connectivity index (χ4n) is 3.65. The predicted octanol–water partition coefficient (Wildman–Crippen LogP) is 5.32. The molecule has 0 aliphatic carbocycles. The lowest BCUT2D eigenvalue weighted by molar-refractivity contribution is 0.0287. The topological polar surface area (TPSA) is 80.5 Å². The van der Waals surface area contributed by atoms with Crippen LogP contribution in [0.5, 0.6) is 0 Å². The van der Waals surface area contributed by atoms with Gasteiger partial charge in [-0.3, -0.25) is 0 Å². The summed E-state index contributed by atoms with van der Waals surface area (Å²) in [6, 6.07) is 8.26. The number of hydrogen-bond donors (Lipinski definition) is 1. The molecule has 0 spiro atoms. The fourth-order valence-corrected chi connectivity index (χ4v) is 4.65. The van der Waals surface area contributed by atoms with E-state index in [1.165, 1.54) is 0 Å². The van der Waals surface area contributed by atoms with Crippen LogP contribution in [0, 0.1) is 12.8 Å². The number of aryl methyl sites for hydroxylation is 1. The number of nitrogens with zero attached hydrogens (tertiary/aromatic N) is 3. The quantitative estimate of drug-likeness (QED) is 0.606. The second kappa shape index (κ2) is 7.91. The van der Waals surface area contributed by atoms with E-state index in [-0.39, 0.29) is 12.1 Å². The SMILES string of the molecule is Cc1cc(-c2ccc3nc(NC(C)C4CCN(C(=O)OC(C)(C)C)C4)sc3c2)no1. The van der Waals surface area contributed by atoms with Gasteiger partial charge in [0.05, 0.1) is 10.2 Å². The molecule has 2 unspecified atom stereocenters. The van der Waals surface area contributed by atoms with Gasteiger partial charge in [-0.25, -0.2) is 9.78 Å². The van der Waals surface area contributed by atoms with E-state index in [9.17, 15) is 4.79 Å². The van der Waals surface area contributed by atoms with Crippen LogP contribution in [0.1, 0.15) is 39.9 Å². The number of ether oxygens (including phenoxy) is 1. The molecule has 3 aromatic rings. The molecule has 2 atom stereocenters. The summed E-state index contributed by atoms with van der Waals surface area (Å²) in [5.41, 5.74) is 2.34. The number of fused-ring (bicyclic) bond motifs is 1. The molecule has 1 aliphatic heterocycles. The van der Waals surface area contributed by atoms with Crippen LogP contribution in [-0.4, -0.2) is 45.9 Å². The summed E-state index contributed by atoms with van der Waals surface area (Å²) in [6.45, 7) is 11.1. The Morgan fingerprint density at radius 1 is 1.37 bits per heavy atom. The summed E-state index contributed by atoms with van der Waals surface area (Å²) in [5, 5.41) is 8.52. The number of amides is 1. The second-order valence-electron chi connectivity index (χ2n) is 8.93. The first-order chi connectivity index (χ1) is 14.2. The number of likely N-dealkylation sites (tertiary alicyclic amines) is 1. The Hall–Kier alpha value is -2.61. The van der Waals surface area contributed by atoms with Crippen LogP contribution in [0.2, 0.25) is 0 Å². The van der Waals surface area contributed by atoms with Crippen LogP contribution >= 0.6 is 11.3 Å². The van der Waals surface area contributed by atoms with Gasteiger partial charge in [0.15, 0.2) is 5.13 Å². The fraction of sp³-hybridized carbons (Fsp3) is 0.500. The second-order valence-corrected chi connectivity index (χ2v) is 9.96. The molecule has 0 bridgehead atoms. The Morgan fingerprint density at radius 3 is 2.87 bits per heavy atom. The Bertz CT molecular complexity index is 1050. The molecule has 1 amide bonds. The molecule has 4 rings (SSSR count). The van der Waals surface area contributed by atoms with Crippen molar-refractivity contribution in [3.05, 3.63) is 30.0 Å². The molecule has 0 saturated carbocycles. The average molecular weight is 429 g/mol. The van der Waals surface area contributed by atoms with Gasteiger partial charge in [-0.1, -0.05) is 22.6 Å². The van der Waals surface area contributed by atoms with E-state index in [1.54, 1.807) is 16.2 Å². The van der Waals surface area contributed by atoms with Gasteiger partial charge in [0, 0.05) is 30.8 Å². The number of nitrogens with one attached hydrogen (secondary N) is 1. The van der Waals surface area contributed by atoms with Crippen molar-refractivity contribution in [2.75, 3.05) is 18.4 Å². The molecule has 2 aromatic heterocycles. The monoisotopic (exact) mass is 428 g/mol. The normalized spacial score (nSPS) is 18.0. The molecular formula is C22H28N4O3S. The summed E-state index contributed by atoms with van der Waals surface area (Å²) in [6.07, 6.45) is 0.723. The summed E-state index contributed by atoms with van der Waals surface area (Å²) in [7, 11) is 0.